The molecule has 0 bridgehead atoms. The zero-order chi connectivity index (χ0) is 20.7. The molecule has 0 aliphatic carbocycles. The molecule has 0 radical (unpaired) electrons. The van der Waals surface area contributed by atoms with Crippen LogP contribution in [0.1, 0.15) is 25.3 Å². The third-order valence-electron chi connectivity index (χ3n) is 4.73. The number of rotatable bonds is 9. The summed E-state index contributed by atoms with van der Waals surface area (Å²) in [4.78, 5) is 25.8. The van der Waals surface area contributed by atoms with Crippen molar-refractivity contribution in [2.75, 3.05) is 38.9 Å². The van der Waals surface area contributed by atoms with Crippen molar-refractivity contribution >= 4 is 21.7 Å². The monoisotopic (exact) mass is 413 g/mol. The van der Waals surface area contributed by atoms with Gasteiger partial charge in [0.05, 0.1) is 25.7 Å². The van der Waals surface area contributed by atoms with E-state index in [9.17, 15) is 18.0 Å². The van der Waals surface area contributed by atoms with Gasteiger partial charge in [0.2, 0.25) is 0 Å². The number of benzene rings is 1. The maximum absolute atomic E-state index is 12.3. The van der Waals surface area contributed by atoms with Gasteiger partial charge >= 0.3 is 5.97 Å². The van der Waals surface area contributed by atoms with Crippen LogP contribution < -0.4 is 9.47 Å². The van der Waals surface area contributed by atoms with Crippen molar-refractivity contribution in [2.24, 2.45) is 0 Å². The first kappa shape index (κ1) is 22.0. The lowest BCUT2D eigenvalue weighted by Crippen LogP contribution is -2.43. The van der Waals surface area contributed by atoms with Gasteiger partial charge in [0.25, 0.3) is 5.91 Å². The van der Waals surface area contributed by atoms with Gasteiger partial charge < -0.3 is 19.1 Å². The Kier molecular flexibility index (Phi) is 7.68. The van der Waals surface area contributed by atoms with Crippen LogP contribution in [0.25, 0.3) is 0 Å². The third kappa shape index (κ3) is 5.85. The fraction of sp³-hybridized carbons (Fsp3) is 0.579. The summed E-state index contributed by atoms with van der Waals surface area (Å²) in [5.74, 6) is 0.385. The van der Waals surface area contributed by atoms with Crippen LogP contribution >= 0.6 is 0 Å². The van der Waals surface area contributed by atoms with Crippen molar-refractivity contribution in [1.29, 1.82) is 0 Å². The molecule has 1 aromatic rings. The van der Waals surface area contributed by atoms with Gasteiger partial charge in [0.1, 0.15) is 0 Å². The molecule has 8 nitrogen and oxygen atoms in total. The Hall–Kier alpha value is -2.29. The molecule has 0 N–H and O–H groups in total. The summed E-state index contributed by atoms with van der Waals surface area (Å²) >= 11 is 0. The van der Waals surface area contributed by atoms with Gasteiger partial charge in [-0.2, -0.15) is 0 Å². The van der Waals surface area contributed by atoms with Gasteiger partial charge in [-0.25, -0.2) is 8.42 Å². The zero-order valence-electron chi connectivity index (χ0n) is 16.5. The molecule has 1 aromatic carbocycles. The van der Waals surface area contributed by atoms with Crippen molar-refractivity contribution in [3.05, 3.63) is 23.8 Å². The third-order valence-corrected chi connectivity index (χ3v) is 6.48. The molecule has 1 amide bonds. The Morgan fingerprint density at radius 2 is 1.89 bits per heavy atom. The van der Waals surface area contributed by atoms with Crippen LogP contribution in [0, 0.1) is 0 Å². The molecule has 0 aromatic heterocycles. The highest BCUT2D eigenvalue weighted by molar-refractivity contribution is 7.91. The smallest absolute Gasteiger partial charge is 0.306 e. The number of nitrogens with zero attached hydrogens (tertiary/aromatic N) is 1. The van der Waals surface area contributed by atoms with Crippen LogP contribution in [0.3, 0.4) is 0 Å². The van der Waals surface area contributed by atoms with Crippen LogP contribution in [0.2, 0.25) is 0 Å². The van der Waals surface area contributed by atoms with E-state index in [0.29, 0.717) is 30.9 Å². The minimum absolute atomic E-state index is 0.0279. The molecule has 28 heavy (non-hydrogen) atoms. The minimum Gasteiger partial charge on any atom is -0.493 e. The van der Waals surface area contributed by atoms with Crippen LogP contribution in [-0.4, -0.2) is 70.1 Å². The molecule has 0 saturated carbocycles. The number of hydrogen-bond acceptors (Lipinski definition) is 7. The summed E-state index contributed by atoms with van der Waals surface area (Å²) in [5, 5.41) is 0. The lowest BCUT2D eigenvalue weighted by atomic mass is 10.1. The first-order valence-electron chi connectivity index (χ1n) is 9.16. The van der Waals surface area contributed by atoms with Crippen molar-refractivity contribution in [2.45, 2.75) is 32.2 Å². The molecule has 0 unspecified atom stereocenters. The highest BCUT2D eigenvalue weighted by Gasteiger charge is 2.34. The van der Waals surface area contributed by atoms with Crippen LogP contribution in [0.15, 0.2) is 18.2 Å². The fourth-order valence-electron chi connectivity index (χ4n) is 3.24. The van der Waals surface area contributed by atoms with Crippen molar-refractivity contribution in [3.8, 4) is 11.5 Å². The molecule has 1 aliphatic rings. The SMILES string of the molecule is CCN(C(=O)COC(=O)CCc1ccc(OC)c(OC)c1)[C@@H]1CCS(=O)(=O)C1. The molecule has 1 atom stereocenters. The van der Waals surface area contributed by atoms with Gasteiger partial charge in [0, 0.05) is 19.0 Å². The molecule has 1 heterocycles. The van der Waals surface area contributed by atoms with Gasteiger partial charge in [-0.05, 0) is 37.5 Å². The average Bonchev–Trinajstić information content (AvgIpc) is 3.04. The number of hydrogen-bond donors (Lipinski definition) is 0. The molecule has 1 aliphatic heterocycles. The van der Waals surface area contributed by atoms with Gasteiger partial charge in [-0.15, -0.1) is 0 Å². The number of amides is 1. The van der Waals surface area contributed by atoms with Crippen molar-refractivity contribution < 1.29 is 32.2 Å². The van der Waals surface area contributed by atoms with E-state index >= 15 is 0 Å². The molecule has 9 heteroatoms. The second-order valence-electron chi connectivity index (χ2n) is 6.59. The second-order valence-corrected chi connectivity index (χ2v) is 8.82. The lowest BCUT2D eigenvalue weighted by Gasteiger charge is -2.26. The first-order valence-corrected chi connectivity index (χ1v) is 11.0. The quantitative estimate of drug-likeness (QED) is 0.561. The molecule has 1 fully saturated rings. The molecule has 1 saturated heterocycles. The molecule has 0 spiro atoms. The molecule has 156 valence electrons. The van der Waals surface area contributed by atoms with Gasteiger partial charge in [0.15, 0.2) is 27.9 Å². The summed E-state index contributed by atoms with van der Waals surface area (Å²) < 4.78 is 38.7. The number of carbonyl (C=O) groups is 2. The number of sulfone groups is 1. The van der Waals surface area contributed by atoms with E-state index < -0.39 is 15.8 Å². The highest BCUT2D eigenvalue weighted by atomic mass is 32.2. The number of esters is 1. The van der Waals surface area contributed by atoms with Crippen molar-refractivity contribution in [1.82, 2.24) is 4.90 Å². The van der Waals surface area contributed by atoms with E-state index in [1.54, 1.807) is 26.2 Å². The molecular formula is C19H27NO7S. The Labute approximate surface area is 165 Å². The number of ether oxygens (including phenoxy) is 3. The number of methoxy groups -OCH3 is 2. The van der Waals surface area contributed by atoms with Crippen LogP contribution in [-0.2, 0) is 30.6 Å². The summed E-state index contributed by atoms with van der Waals surface area (Å²) in [6.07, 6.45) is 0.980. The molecular weight excluding hydrogens is 386 g/mol. The van der Waals surface area contributed by atoms with E-state index in [0.717, 1.165) is 5.56 Å². The maximum Gasteiger partial charge on any atom is 0.306 e. The van der Waals surface area contributed by atoms with E-state index in [-0.39, 0.29) is 36.5 Å². The Morgan fingerprint density at radius 3 is 2.46 bits per heavy atom. The Balaban J connectivity index is 1.82. The highest BCUT2D eigenvalue weighted by Crippen LogP contribution is 2.28. The van der Waals surface area contributed by atoms with Crippen molar-refractivity contribution in [3.63, 3.8) is 0 Å². The Morgan fingerprint density at radius 1 is 1.18 bits per heavy atom. The Bertz CT molecular complexity index is 807. The predicted octanol–water partition coefficient (Wildman–Crippen LogP) is 1.22. The summed E-state index contributed by atoms with van der Waals surface area (Å²) in [6.45, 7) is 1.78. The standard InChI is InChI=1S/C19H27NO7S/c1-4-20(15-9-10-28(23,24)13-15)18(21)12-27-19(22)8-6-14-5-7-16(25-2)17(11-14)26-3/h5,7,11,15H,4,6,8-10,12-13H2,1-3H3/t15-/m1/s1. The predicted molar refractivity (Wildman–Crippen MR) is 103 cm³/mol. The maximum atomic E-state index is 12.3. The van der Waals surface area contributed by atoms with Crippen LogP contribution in [0.4, 0.5) is 0 Å². The molecule has 2 rings (SSSR count). The normalized spacial score (nSPS) is 17.8. The van der Waals surface area contributed by atoms with Gasteiger partial charge in [-0.1, -0.05) is 6.07 Å². The number of aryl methyl sites for hydroxylation is 1. The largest absolute Gasteiger partial charge is 0.493 e. The summed E-state index contributed by atoms with van der Waals surface area (Å²) in [5.41, 5.74) is 0.882. The first-order chi connectivity index (χ1) is 13.3. The average molecular weight is 413 g/mol. The van der Waals surface area contributed by atoms with E-state index in [4.69, 9.17) is 14.2 Å². The number of likely N-dealkylation sites (N-methyl/N-ethyl adjacent to an activating group) is 1. The second kappa shape index (κ2) is 9.77. The minimum atomic E-state index is -3.09. The van der Waals surface area contributed by atoms with E-state index in [1.165, 1.54) is 12.0 Å². The van der Waals surface area contributed by atoms with Gasteiger partial charge in [-0.3, -0.25) is 9.59 Å². The summed E-state index contributed by atoms with van der Waals surface area (Å²) in [7, 11) is 0.0000704. The summed E-state index contributed by atoms with van der Waals surface area (Å²) in [6, 6.07) is 5.04. The van der Waals surface area contributed by atoms with Crippen LogP contribution in [0.5, 0.6) is 11.5 Å². The zero-order valence-corrected chi connectivity index (χ0v) is 17.3. The topological polar surface area (TPSA) is 99.2 Å². The van der Waals surface area contributed by atoms with E-state index in [1.807, 2.05) is 6.07 Å². The number of carbonyl (C=O) groups excluding carboxylic acids is 2. The lowest BCUT2D eigenvalue weighted by molar-refractivity contribution is -0.152. The fourth-order valence-corrected chi connectivity index (χ4v) is 4.97. The van der Waals surface area contributed by atoms with E-state index in [2.05, 4.69) is 0 Å².